The van der Waals surface area contributed by atoms with E-state index in [2.05, 4.69) is 35.1 Å². The highest BCUT2D eigenvalue weighted by atomic mass is 32.2. The summed E-state index contributed by atoms with van der Waals surface area (Å²) in [5, 5.41) is 0. The number of aromatic nitrogens is 2. The Balaban J connectivity index is 2.06. The Morgan fingerprint density at radius 3 is 2.14 bits per heavy atom. The second-order valence-corrected chi connectivity index (χ2v) is 6.04. The maximum Gasteiger partial charge on any atom is 0.140 e. The summed E-state index contributed by atoms with van der Waals surface area (Å²) in [5.41, 5.74) is 3.97. The van der Waals surface area contributed by atoms with E-state index in [4.69, 9.17) is 4.98 Å². The fraction of sp³-hybridized carbons (Fsp3) is 0.167. The lowest BCUT2D eigenvalue weighted by Gasteiger charge is -2.04. The predicted octanol–water partition coefficient (Wildman–Crippen LogP) is 4.92. The molecule has 0 saturated heterocycles. The van der Waals surface area contributed by atoms with Gasteiger partial charge < -0.3 is 4.57 Å². The zero-order chi connectivity index (χ0) is 15.7. The van der Waals surface area contributed by atoms with Gasteiger partial charge in [0, 0.05) is 28.8 Å². The summed E-state index contributed by atoms with van der Waals surface area (Å²) in [4.78, 5) is 6.00. The first-order valence-corrected chi connectivity index (χ1v) is 8.26. The molecule has 3 aromatic rings. The van der Waals surface area contributed by atoms with Gasteiger partial charge in [0.25, 0.3) is 0 Å². The summed E-state index contributed by atoms with van der Waals surface area (Å²) in [6.07, 6.45) is 2.06. The molecular weight excluding hydrogens is 295 g/mol. The zero-order valence-corrected chi connectivity index (χ0v) is 13.6. The summed E-state index contributed by atoms with van der Waals surface area (Å²) in [5.74, 6) is 0.690. The van der Waals surface area contributed by atoms with Gasteiger partial charge in [-0.2, -0.15) is 0 Å². The normalized spacial score (nSPS) is 10.9. The third-order valence-corrected chi connectivity index (χ3v) is 4.59. The number of nitrogens with zero attached hydrogens (tertiary/aromatic N) is 2. The first kappa shape index (κ1) is 14.9. The van der Waals surface area contributed by atoms with Crippen LogP contribution in [0.2, 0.25) is 0 Å². The fourth-order valence-corrected chi connectivity index (χ4v) is 2.87. The van der Waals surface area contributed by atoms with E-state index in [-0.39, 0.29) is 5.82 Å². The van der Waals surface area contributed by atoms with Crippen LogP contribution in [0, 0.1) is 12.7 Å². The molecule has 22 heavy (non-hydrogen) atoms. The van der Waals surface area contributed by atoms with Crippen LogP contribution in [0.5, 0.6) is 0 Å². The van der Waals surface area contributed by atoms with Gasteiger partial charge in [0.1, 0.15) is 11.6 Å². The Morgan fingerprint density at radius 2 is 1.55 bits per heavy atom. The van der Waals surface area contributed by atoms with E-state index in [0.717, 1.165) is 28.3 Å². The van der Waals surface area contributed by atoms with Gasteiger partial charge in [-0.3, -0.25) is 0 Å². The summed E-state index contributed by atoms with van der Waals surface area (Å²) in [6, 6.07) is 14.8. The van der Waals surface area contributed by atoms with E-state index >= 15 is 0 Å². The summed E-state index contributed by atoms with van der Waals surface area (Å²) in [6.45, 7) is 2.03. The predicted molar refractivity (Wildman–Crippen MR) is 90.6 cm³/mol. The molecule has 0 amide bonds. The summed E-state index contributed by atoms with van der Waals surface area (Å²) >= 11 is 1.72. The molecule has 0 atom stereocenters. The topological polar surface area (TPSA) is 17.8 Å². The van der Waals surface area contributed by atoms with Gasteiger partial charge in [-0.1, -0.05) is 12.1 Å². The standard InChI is InChI=1S/C18H17FN2S/c1-12-17(13-4-8-15(19)9-5-13)20-18(21(12)2)14-6-10-16(22-3)11-7-14/h4-11H,1-3H3. The van der Waals surface area contributed by atoms with Crippen LogP contribution in [-0.4, -0.2) is 15.8 Å². The quantitative estimate of drug-likeness (QED) is 0.639. The second-order valence-electron chi connectivity index (χ2n) is 5.16. The van der Waals surface area contributed by atoms with Crippen LogP contribution < -0.4 is 0 Å². The number of hydrogen-bond donors (Lipinski definition) is 0. The highest BCUT2D eigenvalue weighted by Crippen LogP contribution is 2.29. The van der Waals surface area contributed by atoms with Crippen LogP contribution in [0.25, 0.3) is 22.6 Å². The molecule has 0 fully saturated rings. The van der Waals surface area contributed by atoms with Crippen molar-refractivity contribution in [3.63, 3.8) is 0 Å². The Labute approximate surface area is 134 Å². The summed E-state index contributed by atoms with van der Waals surface area (Å²) < 4.78 is 15.2. The molecule has 1 heterocycles. The van der Waals surface area contributed by atoms with Gasteiger partial charge >= 0.3 is 0 Å². The van der Waals surface area contributed by atoms with Crippen LogP contribution in [0.15, 0.2) is 53.4 Å². The van der Waals surface area contributed by atoms with Crippen LogP contribution in [0.1, 0.15) is 5.69 Å². The van der Waals surface area contributed by atoms with E-state index < -0.39 is 0 Å². The molecule has 4 heteroatoms. The molecule has 2 nitrogen and oxygen atoms in total. The third kappa shape index (κ3) is 2.66. The molecule has 0 N–H and O–H groups in total. The molecule has 3 rings (SSSR count). The number of rotatable bonds is 3. The molecule has 0 saturated carbocycles. The number of halogens is 1. The van der Waals surface area contributed by atoms with Gasteiger partial charge in [-0.05, 0) is 49.6 Å². The third-order valence-electron chi connectivity index (χ3n) is 3.85. The lowest BCUT2D eigenvalue weighted by atomic mass is 10.1. The van der Waals surface area contributed by atoms with Crippen molar-refractivity contribution in [3.8, 4) is 22.6 Å². The van der Waals surface area contributed by atoms with Gasteiger partial charge in [0.15, 0.2) is 0 Å². The zero-order valence-electron chi connectivity index (χ0n) is 12.8. The van der Waals surface area contributed by atoms with Gasteiger partial charge in [0.05, 0.1) is 5.69 Å². The molecule has 0 aliphatic rings. The van der Waals surface area contributed by atoms with Crippen molar-refractivity contribution < 1.29 is 4.39 Å². The van der Waals surface area contributed by atoms with E-state index in [1.807, 2.05) is 14.0 Å². The van der Waals surface area contributed by atoms with E-state index in [1.54, 1.807) is 23.9 Å². The lowest BCUT2D eigenvalue weighted by molar-refractivity contribution is 0.628. The Morgan fingerprint density at radius 1 is 0.955 bits per heavy atom. The minimum atomic E-state index is -0.231. The average Bonchev–Trinajstić information content (AvgIpc) is 2.84. The monoisotopic (exact) mass is 312 g/mol. The molecule has 0 spiro atoms. The molecule has 0 bridgehead atoms. The second kappa shape index (κ2) is 5.97. The van der Waals surface area contributed by atoms with Gasteiger partial charge in [-0.25, -0.2) is 9.37 Å². The molecule has 0 radical (unpaired) electrons. The molecular formula is C18H17FN2S. The smallest absolute Gasteiger partial charge is 0.140 e. The number of imidazole rings is 1. The van der Waals surface area contributed by atoms with Crippen LogP contribution >= 0.6 is 11.8 Å². The van der Waals surface area contributed by atoms with Crippen LogP contribution in [0.3, 0.4) is 0 Å². The maximum absolute atomic E-state index is 13.1. The first-order chi connectivity index (χ1) is 10.6. The number of thioether (sulfide) groups is 1. The molecule has 0 aliphatic carbocycles. The van der Waals surface area contributed by atoms with Crippen molar-refractivity contribution in [1.29, 1.82) is 0 Å². The SMILES string of the molecule is CSc1ccc(-c2nc(-c3ccc(F)cc3)c(C)n2C)cc1. The maximum atomic E-state index is 13.1. The highest BCUT2D eigenvalue weighted by molar-refractivity contribution is 7.98. The van der Waals surface area contributed by atoms with Crippen molar-refractivity contribution in [2.45, 2.75) is 11.8 Å². The molecule has 2 aromatic carbocycles. The van der Waals surface area contributed by atoms with E-state index in [1.165, 1.54) is 17.0 Å². The van der Waals surface area contributed by atoms with Crippen molar-refractivity contribution in [2.24, 2.45) is 7.05 Å². The minimum Gasteiger partial charge on any atom is -0.331 e. The average molecular weight is 312 g/mol. The number of hydrogen-bond acceptors (Lipinski definition) is 2. The van der Waals surface area contributed by atoms with E-state index in [0.29, 0.717) is 0 Å². The van der Waals surface area contributed by atoms with Gasteiger partial charge in [-0.15, -0.1) is 11.8 Å². The minimum absolute atomic E-state index is 0.231. The Bertz CT molecular complexity index is 789. The van der Waals surface area contributed by atoms with Crippen molar-refractivity contribution in [1.82, 2.24) is 9.55 Å². The molecule has 0 aliphatic heterocycles. The van der Waals surface area contributed by atoms with Crippen LogP contribution in [0.4, 0.5) is 4.39 Å². The van der Waals surface area contributed by atoms with Crippen molar-refractivity contribution >= 4 is 11.8 Å². The molecule has 1 aromatic heterocycles. The van der Waals surface area contributed by atoms with Gasteiger partial charge in [0.2, 0.25) is 0 Å². The molecule has 0 unspecified atom stereocenters. The highest BCUT2D eigenvalue weighted by Gasteiger charge is 2.14. The first-order valence-electron chi connectivity index (χ1n) is 7.04. The van der Waals surface area contributed by atoms with Crippen molar-refractivity contribution in [2.75, 3.05) is 6.26 Å². The largest absolute Gasteiger partial charge is 0.331 e. The van der Waals surface area contributed by atoms with Crippen molar-refractivity contribution in [3.05, 3.63) is 60.0 Å². The molecule has 112 valence electrons. The Kier molecular flexibility index (Phi) is 4.03. The van der Waals surface area contributed by atoms with Crippen LogP contribution in [-0.2, 0) is 7.05 Å². The fourth-order valence-electron chi connectivity index (χ4n) is 2.46. The Hall–Kier alpha value is -2.07. The number of benzene rings is 2. The summed E-state index contributed by atoms with van der Waals surface area (Å²) in [7, 11) is 2.01. The lowest BCUT2D eigenvalue weighted by Crippen LogP contribution is -1.94. The van der Waals surface area contributed by atoms with E-state index in [9.17, 15) is 4.39 Å².